The molecule has 0 spiro atoms. The van der Waals surface area contributed by atoms with E-state index >= 15 is 0 Å². The van der Waals surface area contributed by atoms with Gasteiger partial charge in [0.25, 0.3) is 0 Å². The highest BCUT2D eigenvalue weighted by Crippen LogP contribution is 2.19. The quantitative estimate of drug-likeness (QED) is 0.0533. The summed E-state index contributed by atoms with van der Waals surface area (Å²) in [6.07, 6.45) is 71.1. The largest absolute Gasteiger partial charge is 0.394 e. The van der Waals surface area contributed by atoms with E-state index in [1.54, 1.807) is 0 Å². The standard InChI is InChI=1S/C59H119NO3/c1-3-5-7-9-11-13-15-17-19-21-23-24-25-26-27-28-29-30-31-32-33-34-35-37-38-40-42-44-46-48-50-52-54-58(62)57(56-61)60-59(63)55-53-51-49-47-45-43-41-39-36-22-20-18-16-14-12-10-8-6-4-2/h57-58,61-62H,3-56H2,1-2H3,(H,60,63). The molecule has 0 fully saturated rings. The number of rotatable bonds is 56. The van der Waals surface area contributed by atoms with Crippen LogP contribution >= 0.6 is 0 Å². The van der Waals surface area contributed by atoms with Gasteiger partial charge in [-0.15, -0.1) is 0 Å². The molecule has 0 aliphatic rings. The SMILES string of the molecule is CCCCCCCCCCCCCCCCCCCCCCCCCCCCCCCCCCC(O)C(CO)NC(=O)CCCCCCCCCCCCCCCCCCCCC. The van der Waals surface area contributed by atoms with Crippen molar-refractivity contribution < 1.29 is 15.0 Å². The third kappa shape index (κ3) is 52.2. The monoisotopic (exact) mass is 890 g/mol. The molecule has 0 rings (SSSR count). The summed E-state index contributed by atoms with van der Waals surface area (Å²) in [4.78, 5) is 12.5. The first-order chi connectivity index (χ1) is 31.2. The van der Waals surface area contributed by atoms with Crippen LogP contribution in [0.2, 0.25) is 0 Å². The van der Waals surface area contributed by atoms with Gasteiger partial charge < -0.3 is 15.5 Å². The van der Waals surface area contributed by atoms with E-state index in [4.69, 9.17) is 0 Å². The first kappa shape index (κ1) is 62.4. The van der Waals surface area contributed by atoms with E-state index in [1.165, 1.54) is 302 Å². The van der Waals surface area contributed by atoms with Gasteiger partial charge in [-0.05, 0) is 12.8 Å². The zero-order valence-electron chi connectivity index (χ0n) is 43.6. The topological polar surface area (TPSA) is 69.6 Å². The molecule has 0 aliphatic carbocycles. The van der Waals surface area contributed by atoms with Crippen molar-refractivity contribution in [2.24, 2.45) is 0 Å². The summed E-state index contributed by atoms with van der Waals surface area (Å²) < 4.78 is 0. The minimum Gasteiger partial charge on any atom is -0.394 e. The van der Waals surface area contributed by atoms with Gasteiger partial charge in [-0.1, -0.05) is 335 Å². The predicted octanol–water partition coefficient (Wildman–Crippen LogP) is 19.5. The van der Waals surface area contributed by atoms with Crippen LogP contribution in [0.1, 0.15) is 354 Å². The highest BCUT2D eigenvalue weighted by molar-refractivity contribution is 5.76. The molecule has 0 aliphatic heterocycles. The van der Waals surface area contributed by atoms with Crippen molar-refractivity contribution >= 4 is 5.91 Å². The molecule has 0 radical (unpaired) electrons. The fourth-order valence-electron chi connectivity index (χ4n) is 9.84. The molecule has 0 aromatic rings. The van der Waals surface area contributed by atoms with Crippen molar-refractivity contribution in [3.05, 3.63) is 0 Å². The minimum absolute atomic E-state index is 0.0221. The van der Waals surface area contributed by atoms with Gasteiger partial charge in [0.15, 0.2) is 0 Å². The van der Waals surface area contributed by atoms with Gasteiger partial charge >= 0.3 is 0 Å². The number of nitrogens with one attached hydrogen (secondary N) is 1. The summed E-state index contributed by atoms with van der Waals surface area (Å²) >= 11 is 0. The van der Waals surface area contributed by atoms with Gasteiger partial charge in [-0.25, -0.2) is 0 Å². The molecule has 2 atom stereocenters. The smallest absolute Gasteiger partial charge is 0.220 e. The second kappa shape index (κ2) is 55.7. The van der Waals surface area contributed by atoms with Gasteiger partial charge in [0.2, 0.25) is 5.91 Å². The van der Waals surface area contributed by atoms with E-state index in [0.717, 1.165) is 25.7 Å². The molecule has 1 amide bonds. The molecule has 63 heavy (non-hydrogen) atoms. The number of hydrogen-bond donors (Lipinski definition) is 3. The molecule has 378 valence electrons. The van der Waals surface area contributed by atoms with Crippen molar-refractivity contribution in [2.75, 3.05) is 6.61 Å². The van der Waals surface area contributed by atoms with Crippen LogP contribution in [-0.2, 0) is 4.79 Å². The zero-order valence-corrected chi connectivity index (χ0v) is 43.6. The molecule has 2 unspecified atom stereocenters. The van der Waals surface area contributed by atoms with E-state index in [2.05, 4.69) is 19.2 Å². The summed E-state index contributed by atoms with van der Waals surface area (Å²) in [5.41, 5.74) is 0. The van der Waals surface area contributed by atoms with Gasteiger partial charge in [0, 0.05) is 6.42 Å². The van der Waals surface area contributed by atoms with Crippen LogP contribution in [0, 0.1) is 0 Å². The van der Waals surface area contributed by atoms with Crippen LogP contribution in [-0.4, -0.2) is 34.9 Å². The lowest BCUT2D eigenvalue weighted by Crippen LogP contribution is -2.45. The first-order valence-electron chi connectivity index (χ1n) is 29.7. The van der Waals surface area contributed by atoms with Crippen LogP contribution in [0.15, 0.2) is 0 Å². The Labute approximate surface area is 397 Å². The molecule has 4 heteroatoms. The van der Waals surface area contributed by atoms with Gasteiger partial charge in [-0.3, -0.25) is 4.79 Å². The van der Waals surface area contributed by atoms with Crippen molar-refractivity contribution in [1.29, 1.82) is 0 Å². The van der Waals surface area contributed by atoms with E-state index in [0.29, 0.717) is 12.8 Å². The third-order valence-electron chi connectivity index (χ3n) is 14.4. The Morgan fingerprint density at radius 2 is 0.508 bits per heavy atom. The number of unbranched alkanes of at least 4 members (excludes halogenated alkanes) is 49. The summed E-state index contributed by atoms with van der Waals surface area (Å²) in [7, 11) is 0. The average Bonchev–Trinajstić information content (AvgIpc) is 3.29. The number of carbonyl (C=O) groups excluding carboxylic acids is 1. The van der Waals surface area contributed by atoms with Gasteiger partial charge in [0.1, 0.15) is 0 Å². The Hall–Kier alpha value is -0.610. The fourth-order valence-corrected chi connectivity index (χ4v) is 9.84. The van der Waals surface area contributed by atoms with Crippen LogP contribution in [0.25, 0.3) is 0 Å². The Balaban J connectivity index is 3.37. The Bertz CT molecular complexity index is 834. The fraction of sp³-hybridized carbons (Fsp3) is 0.983. The lowest BCUT2D eigenvalue weighted by Gasteiger charge is -2.22. The maximum absolute atomic E-state index is 12.5. The maximum Gasteiger partial charge on any atom is 0.220 e. The lowest BCUT2D eigenvalue weighted by atomic mass is 10.0. The molecule has 0 heterocycles. The molecular formula is C59H119NO3. The normalized spacial score (nSPS) is 12.6. The third-order valence-corrected chi connectivity index (χ3v) is 14.4. The molecule has 0 saturated carbocycles. The molecule has 4 nitrogen and oxygen atoms in total. The van der Waals surface area contributed by atoms with Crippen LogP contribution in [0.3, 0.4) is 0 Å². The second-order valence-corrected chi connectivity index (χ2v) is 20.8. The minimum atomic E-state index is -0.655. The van der Waals surface area contributed by atoms with Crippen LogP contribution in [0.5, 0.6) is 0 Å². The van der Waals surface area contributed by atoms with Crippen LogP contribution in [0.4, 0.5) is 0 Å². The Morgan fingerprint density at radius 1 is 0.317 bits per heavy atom. The highest BCUT2D eigenvalue weighted by Gasteiger charge is 2.20. The summed E-state index contributed by atoms with van der Waals surface area (Å²) in [5, 5.41) is 23.4. The molecular weight excluding hydrogens is 771 g/mol. The van der Waals surface area contributed by atoms with E-state index in [9.17, 15) is 15.0 Å². The Kier molecular flexibility index (Phi) is 55.2. The van der Waals surface area contributed by atoms with Crippen molar-refractivity contribution in [3.8, 4) is 0 Å². The summed E-state index contributed by atoms with van der Waals surface area (Å²) in [5.74, 6) is -0.0221. The van der Waals surface area contributed by atoms with Crippen molar-refractivity contribution in [3.63, 3.8) is 0 Å². The first-order valence-corrected chi connectivity index (χ1v) is 29.7. The van der Waals surface area contributed by atoms with Gasteiger partial charge in [0.05, 0.1) is 18.8 Å². The number of hydrogen-bond acceptors (Lipinski definition) is 3. The van der Waals surface area contributed by atoms with Gasteiger partial charge in [-0.2, -0.15) is 0 Å². The molecule has 0 aromatic heterocycles. The molecule has 0 bridgehead atoms. The second-order valence-electron chi connectivity index (χ2n) is 20.8. The van der Waals surface area contributed by atoms with E-state index in [-0.39, 0.29) is 12.5 Å². The van der Waals surface area contributed by atoms with Crippen molar-refractivity contribution in [2.45, 2.75) is 366 Å². The Morgan fingerprint density at radius 3 is 0.714 bits per heavy atom. The predicted molar refractivity (Wildman–Crippen MR) is 281 cm³/mol. The zero-order chi connectivity index (χ0) is 45.6. The number of carbonyl (C=O) groups is 1. The average molecular weight is 891 g/mol. The highest BCUT2D eigenvalue weighted by atomic mass is 16.3. The molecule has 0 aromatic carbocycles. The van der Waals surface area contributed by atoms with E-state index in [1.807, 2.05) is 0 Å². The number of aliphatic hydroxyl groups excluding tert-OH is 2. The summed E-state index contributed by atoms with van der Waals surface area (Å²) in [6, 6.07) is -0.531. The lowest BCUT2D eigenvalue weighted by molar-refractivity contribution is -0.123. The van der Waals surface area contributed by atoms with Crippen LogP contribution < -0.4 is 5.32 Å². The van der Waals surface area contributed by atoms with E-state index < -0.39 is 12.1 Å². The summed E-state index contributed by atoms with van der Waals surface area (Å²) in [6.45, 7) is 4.41. The van der Waals surface area contributed by atoms with Crippen molar-refractivity contribution in [1.82, 2.24) is 5.32 Å². The number of amides is 1. The molecule has 0 saturated heterocycles. The number of aliphatic hydroxyl groups is 2. The molecule has 3 N–H and O–H groups in total. The maximum atomic E-state index is 12.5.